The van der Waals surface area contributed by atoms with Crippen LogP contribution in [0.1, 0.15) is 31.2 Å². The Morgan fingerprint density at radius 1 is 1.09 bits per heavy atom. The van der Waals surface area contributed by atoms with Crippen LogP contribution in [0, 0.1) is 5.82 Å². The van der Waals surface area contributed by atoms with E-state index < -0.39 is 11.7 Å². The number of morpholine rings is 1. The lowest BCUT2D eigenvalue weighted by atomic mass is 9.87. The molecule has 2 fully saturated rings. The summed E-state index contributed by atoms with van der Waals surface area (Å²) >= 11 is 0. The maximum atomic E-state index is 14.6. The van der Waals surface area contributed by atoms with Crippen LogP contribution in [-0.4, -0.2) is 62.4 Å². The van der Waals surface area contributed by atoms with Gasteiger partial charge in [0.15, 0.2) is 0 Å². The van der Waals surface area contributed by atoms with Crippen molar-refractivity contribution < 1.29 is 18.7 Å². The van der Waals surface area contributed by atoms with Crippen LogP contribution in [0.3, 0.4) is 0 Å². The molecule has 4 rings (SSSR count). The van der Waals surface area contributed by atoms with Crippen LogP contribution < -0.4 is 4.90 Å². The van der Waals surface area contributed by atoms with Crippen molar-refractivity contribution in [3.05, 3.63) is 66.0 Å². The van der Waals surface area contributed by atoms with E-state index in [4.69, 9.17) is 9.47 Å². The average molecular weight is 477 g/mol. The zero-order valence-corrected chi connectivity index (χ0v) is 20.1. The Kier molecular flexibility index (Phi) is 9.27. The zero-order valence-electron chi connectivity index (χ0n) is 19.2. The Balaban J connectivity index is 0.00000306. The molecule has 33 heavy (non-hydrogen) atoms. The van der Waals surface area contributed by atoms with Gasteiger partial charge in [-0.15, -0.1) is 12.4 Å². The lowest BCUT2D eigenvalue weighted by Crippen LogP contribution is -2.62. The predicted molar refractivity (Wildman–Crippen MR) is 131 cm³/mol. The van der Waals surface area contributed by atoms with Gasteiger partial charge in [0.1, 0.15) is 11.9 Å². The molecular formula is C26H34ClFN2O3. The molecular weight excluding hydrogens is 443 g/mol. The highest BCUT2D eigenvalue weighted by atomic mass is 35.5. The largest absolute Gasteiger partial charge is 0.385 e. The molecule has 2 aliphatic heterocycles. The van der Waals surface area contributed by atoms with Crippen molar-refractivity contribution in [2.75, 3.05) is 44.8 Å². The van der Waals surface area contributed by atoms with Crippen molar-refractivity contribution in [2.45, 2.75) is 43.8 Å². The molecule has 2 aromatic carbocycles. The number of halogens is 2. The summed E-state index contributed by atoms with van der Waals surface area (Å²) in [5, 5.41) is 0. The van der Waals surface area contributed by atoms with Gasteiger partial charge in [-0.05, 0) is 49.8 Å². The number of benzene rings is 2. The first-order valence-electron chi connectivity index (χ1n) is 11.6. The maximum absolute atomic E-state index is 14.6. The van der Waals surface area contributed by atoms with Crippen molar-refractivity contribution in [3.63, 3.8) is 0 Å². The first-order chi connectivity index (χ1) is 15.6. The Hall–Kier alpha value is -1.99. The van der Waals surface area contributed by atoms with Crippen LogP contribution in [0.25, 0.3) is 0 Å². The third-order valence-electron chi connectivity index (χ3n) is 6.66. The number of para-hydroxylation sites is 1. The Morgan fingerprint density at radius 3 is 2.48 bits per heavy atom. The number of carbonyl (C=O) groups is 1. The highest BCUT2D eigenvalue weighted by Crippen LogP contribution is 2.37. The molecule has 0 saturated carbocycles. The van der Waals surface area contributed by atoms with E-state index in [2.05, 4.69) is 29.2 Å². The van der Waals surface area contributed by atoms with Crippen LogP contribution in [0.2, 0.25) is 0 Å². The number of carbonyl (C=O) groups excluding carboxylic acids is 1. The molecule has 0 N–H and O–H groups in total. The van der Waals surface area contributed by atoms with Gasteiger partial charge in [0.2, 0.25) is 0 Å². The molecule has 0 radical (unpaired) electrons. The van der Waals surface area contributed by atoms with E-state index in [9.17, 15) is 9.18 Å². The first-order valence-corrected chi connectivity index (χ1v) is 11.6. The monoisotopic (exact) mass is 476 g/mol. The Bertz CT molecular complexity index is 890. The molecule has 2 heterocycles. The average Bonchev–Trinajstić information content (AvgIpc) is 2.82. The number of hydrogen-bond acceptors (Lipinski definition) is 4. The highest BCUT2D eigenvalue weighted by molar-refractivity contribution is 5.97. The molecule has 1 atom stereocenters. The lowest BCUT2D eigenvalue weighted by Gasteiger charge is -2.49. The number of anilines is 1. The number of likely N-dealkylation sites (tertiary alicyclic amines) is 1. The van der Waals surface area contributed by atoms with Gasteiger partial charge in [-0.3, -0.25) is 4.79 Å². The minimum atomic E-state index is -0.561. The lowest BCUT2D eigenvalue weighted by molar-refractivity contribution is -0.166. The van der Waals surface area contributed by atoms with Crippen LogP contribution in [0.4, 0.5) is 10.1 Å². The molecule has 0 bridgehead atoms. The summed E-state index contributed by atoms with van der Waals surface area (Å²) in [4.78, 5) is 17.3. The van der Waals surface area contributed by atoms with Crippen LogP contribution in [0.5, 0.6) is 0 Å². The zero-order chi connectivity index (χ0) is 22.4. The highest BCUT2D eigenvalue weighted by Gasteiger charge is 2.47. The van der Waals surface area contributed by atoms with E-state index in [0.29, 0.717) is 25.3 Å². The molecule has 2 aromatic rings. The van der Waals surface area contributed by atoms with Gasteiger partial charge in [-0.1, -0.05) is 42.5 Å². The molecule has 0 aliphatic carbocycles. The van der Waals surface area contributed by atoms with Crippen LogP contribution in [-0.2, 0) is 20.7 Å². The second-order valence-corrected chi connectivity index (χ2v) is 8.88. The summed E-state index contributed by atoms with van der Waals surface area (Å²) in [5.41, 5.74) is 1.26. The van der Waals surface area contributed by atoms with Crippen LogP contribution in [0.15, 0.2) is 54.6 Å². The van der Waals surface area contributed by atoms with Crippen molar-refractivity contribution in [1.82, 2.24) is 4.90 Å². The fraction of sp³-hybridized carbons (Fsp3) is 0.500. The molecule has 2 saturated heterocycles. The number of hydrogen-bond donors (Lipinski definition) is 0. The first kappa shape index (κ1) is 25.6. The molecule has 5 nitrogen and oxygen atoms in total. The van der Waals surface area contributed by atoms with Gasteiger partial charge < -0.3 is 19.3 Å². The number of ether oxygens (including phenoxy) is 2. The quantitative estimate of drug-likeness (QED) is 0.527. The molecule has 1 unspecified atom stereocenters. The van der Waals surface area contributed by atoms with E-state index in [1.165, 1.54) is 11.6 Å². The summed E-state index contributed by atoms with van der Waals surface area (Å²) in [6, 6.07) is 17.1. The van der Waals surface area contributed by atoms with Gasteiger partial charge in [0, 0.05) is 33.4 Å². The van der Waals surface area contributed by atoms with Crippen molar-refractivity contribution in [2.24, 2.45) is 0 Å². The molecule has 7 heteroatoms. The topological polar surface area (TPSA) is 42.0 Å². The number of amides is 1. The number of nitrogens with zero attached hydrogens (tertiary/aromatic N) is 2. The number of piperidine rings is 1. The number of methoxy groups -OCH3 is 1. The maximum Gasteiger partial charge on any atom is 0.256 e. The fourth-order valence-corrected chi connectivity index (χ4v) is 4.79. The van der Waals surface area contributed by atoms with Crippen molar-refractivity contribution >= 4 is 24.0 Å². The summed E-state index contributed by atoms with van der Waals surface area (Å²) in [5.74, 6) is -0.517. The summed E-state index contributed by atoms with van der Waals surface area (Å²) in [6.07, 6.45) is 3.44. The summed E-state index contributed by atoms with van der Waals surface area (Å²) in [6.45, 7) is 3.81. The fourth-order valence-electron chi connectivity index (χ4n) is 4.79. The summed E-state index contributed by atoms with van der Waals surface area (Å²) < 4.78 is 26.2. The van der Waals surface area contributed by atoms with E-state index in [0.717, 1.165) is 45.3 Å². The third kappa shape index (κ3) is 6.33. The van der Waals surface area contributed by atoms with E-state index in [1.54, 1.807) is 30.2 Å². The molecule has 1 amide bonds. The van der Waals surface area contributed by atoms with Gasteiger partial charge in [0.05, 0.1) is 17.8 Å². The molecule has 1 spiro atoms. The Labute approximate surface area is 202 Å². The minimum Gasteiger partial charge on any atom is -0.385 e. The van der Waals surface area contributed by atoms with Gasteiger partial charge in [-0.2, -0.15) is 0 Å². The Morgan fingerprint density at radius 2 is 1.79 bits per heavy atom. The molecule has 180 valence electrons. The second kappa shape index (κ2) is 11.9. The second-order valence-electron chi connectivity index (χ2n) is 8.88. The minimum absolute atomic E-state index is 0. The van der Waals surface area contributed by atoms with Crippen LogP contribution >= 0.6 is 12.4 Å². The van der Waals surface area contributed by atoms with Gasteiger partial charge in [0.25, 0.3) is 5.91 Å². The van der Waals surface area contributed by atoms with E-state index >= 15 is 0 Å². The summed E-state index contributed by atoms with van der Waals surface area (Å²) in [7, 11) is 1.65. The molecule has 2 aliphatic rings. The van der Waals surface area contributed by atoms with E-state index in [1.807, 2.05) is 6.07 Å². The van der Waals surface area contributed by atoms with Crippen molar-refractivity contribution in [1.29, 1.82) is 0 Å². The van der Waals surface area contributed by atoms with Crippen molar-refractivity contribution in [3.8, 4) is 0 Å². The third-order valence-corrected chi connectivity index (χ3v) is 6.66. The van der Waals surface area contributed by atoms with E-state index in [-0.39, 0.29) is 24.1 Å². The van der Waals surface area contributed by atoms with Gasteiger partial charge in [-0.25, -0.2) is 4.39 Å². The normalized spacial score (nSPS) is 20.6. The smallest absolute Gasteiger partial charge is 0.256 e. The SMILES string of the molecule is COCCCC1OC2(CCN(CCc3ccccc3)CC2)CN(c2ccccc2F)C1=O.Cl. The standard InChI is InChI=1S/C26H33FN2O3.ClH/c1-31-19-7-12-24-25(30)29(23-11-6-5-10-22(23)27)20-26(32-24)14-17-28(18-15-26)16-13-21-8-3-2-4-9-21;/h2-6,8-11,24H,7,12-20H2,1H3;1H. The van der Waals surface area contributed by atoms with Gasteiger partial charge >= 0.3 is 0 Å². The predicted octanol–water partition coefficient (Wildman–Crippen LogP) is 4.48. The number of rotatable bonds is 8. The molecule has 0 aromatic heterocycles.